The molecule has 0 aromatic heterocycles. The number of rotatable bonds is 2. The van der Waals surface area contributed by atoms with Gasteiger partial charge in [0.25, 0.3) is 0 Å². The van der Waals surface area contributed by atoms with Gasteiger partial charge in [0, 0.05) is 10.7 Å². The van der Waals surface area contributed by atoms with Crippen molar-refractivity contribution in [1.82, 2.24) is 5.32 Å². The lowest BCUT2D eigenvalue weighted by Gasteiger charge is -2.28. The summed E-state index contributed by atoms with van der Waals surface area (Å²) >= 11 is 12.0. The molecule has 1 N–H and O–H groups in total. The van der Waals surface area contributed by atoms with Crippen LogP contribution in [0.15, 0.2) is 54.7 Å². The van der Waals surface area contributed by atoms with E-state index in [1.54, 1.807) is 0 Å². The van der Waals surface area contributed by atoms with Crippen LogP contribution in [0.3, 0.4) is 0 Å². The first-order chi connectivity index (χ1) is 11.0. The van der Waals surface area contributed by atoms with Gasteiger partial charge < -0.3 is 5.32 Å². The van der Waals surface area contributed by atoms with Gasteiger partial charge in [-0.1, -0.05) is 48.5 Å². The summed E-state index contributed by atoms with van der Waals surface area (Å²) in [6.07, 6.45) is 0.425. The van der Waals surface area contributed by atoms with Gasteiger partial charge in [-0.2, -0.15) is 0 Å². The molecule has 2 aromatic rings. The fourth-order valence-corrected chi connectivity index (χ4v) is 3.02. The Morgan fingerprint density at radius 3 is 2.30 bits per heavy atom. The summed E-state index contributed by atoms with van der Waals surface area (Å²) in [6, 6.07) is 11.5. The first-order valence-corrected chi connectivity index (χ1v) is 7.82. The highest BCUT2D eigenvalue weighted by Crippen LogP contribution is 2.38. The van der Waals surface area contributed by atoms with Gasteiger partial charge in [0.05, 0.1) is 16.6 Å². The normalized spacial score (nSPS) is 18.1. The molecule has 1 aliphatic rings. The molecule has 23 heavy (non-hydrogen) atoms. The average Bonchev–Trinajstić information content (AvgIpc) is 2.50. The Morgan fingerprint density at radius 1 is 1.09 bits per heavy atom. The number of hydrogen-bond donors (Lipinski definition) is 1. The lowest BCUT2D eigenvalue weighted by molar-refractivity contribution is 0.574. The molecule has 0 radical (unpaired) electrons. The van der Waals surface area contributed by atoms with Gasteiger partial charge >= 0.3 is 0 Å². The van der Waals surface area contributed by atoms with Crippen LogP contribution in [0.5, 0.6) is 0 Å². The summed E-state index contributed by atoms with van der Waals surface area (Å²) < 4.78 is 28.7. The molecular weight excluding hydrogens is 339 g/mol. The zero-order chi connectivity index (χ0) is 16.6. The van der Waals surface area contributed by atoms with Crippen molar-refractivity contribution in [2.24, 2.45) is 0 Å². The molecule has 0 spiro atoms. The largest absolute Gasteiger partial charge is 0.357 e. The minimum Gasteiger partial charge on any atom is -0.357 e. The summed E-state index contributed by atoms with van der Waals surface area (Å²) in [5.41, 5.74) is 2.28. The van der Waals surface area contributed by atoms with Crippen molar-refractivity contribution in [3.8, 4) is 0 Å². The Labute approximate surface area is 143 Å². The Balaban J connectivity index is 2.25. The van der Waals surface area contributed by atoms with Crippen LogP contribution in [0.1, 0.15) is 17.5 Å². The third-order valence-electron chi connectivity index (χ3n) is 3.73. The van der Waals surface area contributed by atoms with Crippen LogP contribution in [-0.4, -0.2) is 5.38 Å². The van der Waals surface area contributed by atoms with Crippen molar-refractivity contribution in [1.29, 1.82) is 0 Å². The van der Waals surface area contributed by atoms with Gasteiger partial charge in [-0.05, 0) is 29.7 Å². The minimum absolute atomic E-state index is 0.00969. The molecular formula is C18H13Cl2F2N. The van der Waals surface area contributed by atoms with E-state index in [-0.39, 0.29) is 16.0 Å². The number of halogens is 4. The van der Waals surface area contributed by atoms with Gasteiger partial charge in [-0.3, -0.25) is 0 Å². The van der Waals surface area contributed by atoms with E-state index in [1.165, 1.54) is 0 Å². The summed E-state index contributed by atoms with van der Waals surface area (Å²) in [5, 5.41) is 2.62. The zero-order valence-corrected chi connectivity index (χ0v) is 13.6. The third kappa shape index (κ3) is 3.12. The van der Waals surface area contributed by atoms with E-state index in [4.69, 9.17) is 23.2 Å². The van der Waals surface area contributed by atoms with Crippen molar-refractivity contribution in [3.63, 3.8) is 0 Å². The maximum atomic E-state index is 14.3. The molecule has 1 atom stereocenters. The highest BCUT2D eigenvalue weighted by atomic mass is 35.5. The minimum atomic E-state index is -0.730. The Bertz CT molecular complexity index is 777. The second kappa shape index (κ2) is 6.34. The lowest BCUT2D eigenvalue weighted by atomic mass is 9.91. The standard InChI is InChI=1S/C18H13Cl2F2N/c1-10-14(20)9-13(11-5-3-2-4-6-11)18(23-10)17-15(21)7-12(19)8-16(17)22/h2-8,14,23H,1,9H2. The molecule has 5 heteroatoms. The average molecular weight is 352 g/mol. The third-order valence-corrected chi connectivity index (χ3v) is 4.36. The number of alkyl halides is 1. The summed E-state index contributed by atoms with van der Waals surface area (Å²) in [6.45, 7) is 3.83. The molecule has 0 saturated heterocycles. The maximum absolute atomic E-state index is 14.3. The van der Waals surface area contributed by atoms with Crippen molar-refractivity contribution in [2.75, 3.05) is 0 Å². The number of nitrogens with one attached hydrogen (secondary N) is 1. The predicted molar refractivity (Wildman–Crippen MR) is 91.2 cm³/mol. The number of allylic oxidation sites excluding steroid dienone is 2. The predicted octanol–water partition coefficient (Wildman–Crippen LogP) is 5.60. The maximum Gasteiger partial charge on any atom is 0.136 e. The second-order valence-corrected chi connectivity index (χ2v) is 6.25. The van der Waals surface area contributed by atoms with Crippen LogP contribution in [0, 0.1) is 11.6 Å². The fourth-order valence-electron chi connectivity index (χ4n) is 2.61. The monoisotopic (exact) mass is 351 g/mol. The van der Waals surface area contributed by atoms with Crippen molar-refractivity contribution in [2.45, 2.75) is 11.8 Å². The first kappa shape index (κ1) is 16.0. The van der Waals surface area contributed by atoms with E-state index in [2.05, 4.69) is 11.9 Å². The van der Waals surface area contributed by atoms with Crippen LogP contribution >= 0.6 is 23.2 Å². The Hall–Kier alpha value is -1.84. The fraction of sp³-hybridized carbons (Fsp3) is 0.111. The quantitative estimate of drug-likeness (QED) is 0.694. The highest BCUT2D eigenvalue weighted by Gasteiger charge is 2.27. The lowest BCUT2D eigenvalue weighted by Crippen LogP contribution is -2.26. The second-order valence-electron chi connectivity index (χ2n) is 5.29. The topological polar surface area (TPSA) is 12.0 Å². The van der Waals surface area contributed by atoms with Crippen LogP contribution in [0.2, 0.25) is 5.02 Å². The van der Waals surface area contributed by atoms with Gasteiger partial charge in [-0.25, -0.2) is 8.78 Å². The molecule has 0 fully saturated rings. The van der Waals surface area contributed by atoms with Crippen molar-refractivity contribution < 1.29 is 8.78 Å². The Morgan fingerprint density at radius 2 is 1.70 bits per heavy atom. The summed E-state index contributed by atoms with van der Waals surface area (Å²) in [7, 11) is 0. The molecule has 1 heterocycles. The summed E-state index contributed by atoms with van der Waals surface area (Å²) in [5.74, 6) is -1.46. The molecule has 1 unspecified atom stereocenters. The van der Waals surface area contributed by atoms with Crippen molar-refractivity contribution >= 4 is 34.5 Å². The SMILES string of the molecule is C=C1NC(c2c(F)cc(Cl)cc2F)=C(c2ccccc2)CC1Cl. The zero-order valence-electron chi connectivity index (χ0n) is 12.0. The van der Waals surface area contributed by atoms with Gasteiger partial charge in [-0.15, -0.1) is 11.6 Å². The number of benzene rings is 2. The van der Waals surface area contributed by atoms with Crippen LogP contribution < -0.4 is 5.32 Å². The summed E-state index contributed by atoms with van der Waals surface area (Å²) in [4.78, 5) is 0. The van der Waals surface area contributed by atoms with E-state index < -0.39 is 11.6 Å². The molecule has 0 saturated carbocycles. The van der Waals surface area contributed by atoms with Crippen LogP contribution in [0.4, 0.5) is 8.78 Å². The molecule has 1 nitrogen and oxygen atoms in total. The smallest absolute Gasteiger partial charge is 0.136 e. The van der Waals surface area contributed by atoms with E-state index >= 15 is 0 Å². The molecule has 2 aromatic carbocycles. The van der Waals surface area contributed by atoms with Crippen LogP contribution in [0.25, 0.3) is 11.3 Å². The Kier molecular flexibility index (Phi) is 4.42. The van der Waals surface area contributed by atoms with E-state index in [9.17, 15) is 8.78 Å². The van der Waals surface area contributed by atoms with Gasteiger partial charge in [0.15, 0.2) is 0 Å². The molecule has 0 aliphatic carbocycles. The van der Waals surface area contributed by atoms with E-state index in [1.807, 2.05) is 30.3 Å². The molecule has 0 bridgehead atoms. The van der Waals surface area contributed by atoms with E-state index in [0.717, 1.165) is 23.3 Å². The van der Waals surface area contributed by atoms with Gasteiger partial charge in [0.2, 0.25) is 0 Å². The van der Waals surface area contributed by atoms with Crippen molar-refractivity contribution in [3.05, 3.63) is 82.5 Å². The molecule has 118 valence electrons. The van der Waals surface area contributed by atoms with Crippen LogP contribution in [-0.2, 0) is 0 Å². The molecule has 1 aliphatic heterocycles. The number of hydrogen-bond acceptors (Lipinski definition) is 1. The van der Waals surface area contributed by atoms with E-state index in [0.29, 0.717) is 17.8 Å². The van der Waals surface area contributed by atoms with Gasteiger partial charge in [0.1, 0.15) is 11.6 Å². The highest BCUT2D eigenvalue weighted by molar-refractivity contribution is 6.30. The first-order valence-electron chi connectivity index (χ1n) is 7.00. The molecule has 3 rings (SSSR count). The molecule has 0 amide bonds.